The Morgan fingerprint density at radius 3 is 2.72 bits per heavy atom. The lowest BCUT2D eigenvalue weighted by molar-refractivity contribution is -0.136. The van der Waals surface area contributed by atoms with Gasteiger partial charge < -0.3 is 9.84 Å². The van der Waals surface area contributed by atoms with Crippen molar-refractivity contribution in [3.05, 3.63) is 35.3 Å². The molecular formula is C13H13NO3S. The third kappa shape index (κ3) is 3.07. The first-order valence-corrected chi connectivity index (χ1v) is 6.46. The van der Waals surface area contributed by atoms with Crippen molar-refractivity contribution in [2.75, 3.05) is 6.61 Å². The van der Waals surface area contributed by atoms with E-state index in [0.717, 1.165) is 16.3 Å². The smallest absolute Gasteiger partial charge is 0.309 e. The van der Waals surface area contributed by atoms with Crippen molar-refractivity contribution in [1.29, 1.82) is 0 Å². The van der Waals surface area contributed by atoms with Gasteiger partial charge in [-0.05, 0) is 31.2 Å². The highest BCUT2D eigenvalue weighted by Crippen LogP contribution is 2.25. The van der Waals surface area contributed by atoms with Crippen LogP contribution < -0.4 is 4.74 Å². The maximum atomic E-state index is 10.6. The summed E-state index contributed by atoms with van der Waals surface area (Å²) in [4.78, 5) is 14.9. The number of nitrogens with zero attached hydrogens (tertiary/aromatic N) is 1. The molecule has 0 aliphatic carbocycles. The van der Waals surface area contributed by atoms with Crippen molar-refractivity contribution < 1.29 is 14.6 Å². The van der Waals surface area contributed by atoms with Crippen molar-refractivity contribution in [2.45, 2.75) is 13.3 Å². The maximum Gasteiger partial charge on any atom is 0.309 e. The minimum absolute atomic E-state index is 0.0342. The van der Waals surface area contributed by atoms with Crippen molar-refractivity contribution in [3.8, 4) is 16.3 Å². The highest BCUT2D eigenvalue weighted by Gasteiger charge is 2.07. The van der Waals surface area contributed by atoms with Crippen LogP contribution >= 0.6 is 11.3 Å². The van der Waals surface area contributed by atoms with Crippen molar-refractivity contribution in [2.24, 2.45) is 0 Å². The van der Waals surface area contributed by atoms with E-state index >= 15 is 0 Å². The molecular weight excluding hydrogens is 250 g/mol. The minimum atomic E-state index is -0.862. The summed E-state index contributed by atoms with van der Waals surface area (Å²) in [6.07, 6.45) is -0.0342. The summed E-state index contributed by atoms with van der Waals surface area (Å²) < 4.78 is 5.36. The van der Waals surface area contributed by atoms with E-state index in [4.69, 9.17) is 9.84 Å². The average molecular weight is 263 g/mol. The first kappa shape index (κ1) is 12.6. The fourth-order valence-electron chi connectivity index (χ4n) is 1.54. The Morgan fingerprint density at radius 1 is 1.39 bits per heavy atom. The molecule has 0 bridgehead atoms. The quantitative estimate of drug-likeness (QED) is 0.901. The molecule has 18 heavy (non-hydrogen) atoms. The van der Waals surface area contributed by atoms with Gasteiger partial charge in [-0.1, -0.05) is 0 Å². The molecule has 0 unspecified atom stereocenters. The van der Waals surface area contributed by atoms with Crippen LogP contribution in [0.5, 0.6) is 5.75 Å². The van der Waals surface area contributed by atoms with Gasteiger partial charge >= 0.3 is 5.97 Å². The predicted molar refractivity (Wildman–Crippen MR) is 70.1 cm³/mol. The normalized spacial score (nSPS) is 10.3. The van der Waals surface area contributed by atoms with Crippen LogP contribution in [0.3, 0.4) is 0 Å². The summed E-state index contributed by atoms with van der Waals surface area (Å²) in [5.41, 5.74) is 1.57. The molecule has 0 aliphatic rings. The predicted octanol–water partition coefficient (Wildman–Crippen LogP) is 2.84. The number of carbonyl (C=O) groups is 1. The molecule has 0 spiro atoms. The molecule has 2 aromatic rings. The zero-order valence-electron chi connectivity index (χ0n) is 9.92. The molecule has 94 valence electrons. The maximum absolute atomic E-state index is 10.6. The molecule has 5 heteroatoms. The molecule has 1 aromatic heterocycles. The van der Waals surface area contributed by atoms with Crippen LogP contribution in [0.4, 0.5) is 0 Å². The third-order valence-electron chi connectivity index (χ3n) is 2.30. The molecule has 1 N–H and O–H groups in total. The Hall–Kier alpha value is -1.88. The molecule has 2 rings (SSSR count). The Labute approximate surface area is 109 Å². The second kappa shape index (κ2) is 5.64. The number of ether oxygens (including phenoxy) is 1. The second-order valence-corrected chi connectivity index (χ2v) is 4.53. The topological polar surface area (TPSA) is 59.4 Å². The van der Waals surface area contributed by atoms with E-state index in [-0.39, 0.29) is 6.42 Å². The first-order chi connectivity index (χ1) is 8.69. The molecule has 1 heterocycles. The molecule has 0 amide bonds. The van der Waals surface area contributed by atoms with E-state index in [2.05, 4.69) is 4.98 Å². The first-order valence-electron chi connectivity index (χ1n) is 5.58. The molecule has 0 saturated carbocycles. The largest absolute Gasteiger partial charge is 0.494 e. The van der Waals surface area contributed by atoms with Gasteiger partial charge in [0.1, 0.15) is 10.8 Å². The van der Waals surface area contributed by atoms with Gasteiger partial charge in [0.2, 0.25) is 0 Å². The SMILES string of the molecule is CCOc1ccc(-c2nc(CC(=O)O)cs2)cc1. The average Bonchev–Trinajstić information content (AvgIpc) is 2.78. The van der Waals surface area contributed by atoms with Crippen LogP contribution in [0, 0.1) is 0 Å². The summed E-state index contributed by atoms with van der Waals surface area (Å²) in [5.74, 6) is -0.0397. The van der Waals surface area contributed by atoms with Crippen molar-refractivity contribution >= 4 is 17.3 Å². The number of carboxylic acid groups (broad SMARTS) is 1. The lowest BCUT2D eigenvalue weighted by Crippen LogP contribution is -1.99. The zero-order valence-corrected chi connectivity index (χ0v) is 10.7. The summed E-state index contributed by atoms with van der Waals surface area (Å²) in [6, 6.07) is 7.62. The van der Waals surface area contributed by atoms with Gasteiger partial charge in [0.25, 0.3) is 0 Å². The number of thiazole rings is 1. The van der Waals surface area contributed by atoms with Gasteiger partial charge in [0.05, 0.1) is 18.7 Å². The molecule has 0 saturated heterocycles. The number of rotatable bonds is 5. The standard InChI is InChI=1S/C13H13NO3S/c1-2-17-11-5-3-9(4-6-11)13-14-10(8-18-13)7-12(15)16/h3-6,8H,2,7H2,1H3,(H,15,16). The lowest BCUT2D eigenvalue weighted by atomic mass is 10.2. The highest BCUT2D eigenvalue weighted by atomic mass is 32.1. The van der Waals surface area contributed by atoms with Gasteiger partial charge in [-0.25, -0.2) is 4.98 Å². The van der Waals surface area contributed by atoms with Crippen LogP contribution in [-0.2, 0) is 11.2 Å². The minimum Gasteiger partial charge on any atom is -0.494 e. The second-order valence-electron chi connectivity index (χ2n) is 3.67. The van der Waals surface area contributed by atoms with Crippen LogP contribution in [0.1, 0.15) is 12.6 Å². The molecule has 0 aliphatic heterocycles. The monoisotopic (exact) mass is 263 g/mol. The summed E-state index contributed by atoms with van der Waals surface area (Å²) in [6.45, 7) is 2.58. The van der Waals surface area contributed by atoms with Gasteiger partial charge in [0, 0.05) is 10.9 Å². The van der Waals surface area contributed by atoms with Crippen LogP contribution in [-0.4, -0.2) is 22.7 Å². The van der Waals surface area contributed by atoms with Gasteiger partial charge in [-0.2, -0.15) is 0 Å². The molecule has 0 radical (unpaired) electrons. The van der Waals surface area contributed by atoms with Crippen LogP contribution in [0.15, 0.2) is 29.6 Å². The van der Waals surface area contributed by atoms with E-state index in [1.807, 2.05) is 31.2 Å². The Kier molecular flexibility index (Phi) is 3.94. The molecule has 0 fully saturated rings. The number of aromatic nitrogens is 1. The van der Waals surface area contributed by atoms with E-state index in [0.29, 0.717) is 12.3 Å². The lowest BCUT2D eigenvalue weighted by Gasteiger charge is -2.02. The van der Waals surface area contributed by atoms with E-state index in [9.17, 15) is 4.79 Å². The van der Waals surface area contributed by atoms with E-state index < -0.39 is 5.97 Å². The fourth-order valence-corrected chi connectivity index (χ4v) is 2.36. The van der Waals surface area contributed by atoms with Crippen LogP contribution in [0.2, 0.25) is 0 Å². The number of carboxylic acids is 1. The molecule has 4 nitrogen and oxygen atoms in total. The zero-order chi connectivity index (χ0) is 13.0. The third-order valence-corrected chi connectivity index (χ3v) is 3.24. The summed E-state index contributed by atoms with van der Waals surface area (Å²) in [7, 11) is 0. The number of hydrogen-bond donors (Lipinski definition) is 1. The molecule has 1 aromatic carbocycles. The number of hydrogen-bond acceptors (Lipinski definition) is 4. The van der Waals surface area contributed by atoms with Gasteiger partial charge in [-0.3, -0.25) is 4.79 Å². The number of aliphatic carboxylic acids is 1. The fraction of sp³-hybridized carbons (Fsp3) is 0.231. The molecule has 0 atom stereocenters. The van der Waals surface area contributed by atoms with Gasteiger partial charge in [-0.15, -0.1) is 11.3 Å². The van der Waals surface area contributed by atoms with Crippen molar-refractivity contribution in [1.82, 2.24) is 4.98 Å². The number of benzene rings is 1. The highest BCUT2D eigenvalue weighted by molar-refractivity contribution is 7.13. The van der Waals surface area contributed by atoms with Crippen molar-refractivity contribution in [3.63, 3.8) is 0 Å². The Bertz CT molecular complexity index is 533. The van der Waals surface area contributed by atoms with E-state index in [1.165, 1.54) is 11.3 Å². The Morgan fingerprint density at radius 2 is 2.11 bits per heavy atom. The van der Waals surface area contributed by atoms with Gasteiger partial charge in [0.15, 0.2) is 0 Å². The van der Waals surface area contributed by atoms with E-state index in [1.54, 1.807) is 5.38 Å². The van der Waals surface area contributed by atoms with Crippen LogP contribution in [0.25, 0.3) is 10.6 Å². The Balaban J connectivity index is 2.15. The summed E-state index contributed by atoms with van der Waals surface area (Å²) >= 11 is 1.45. The summed E-state index contributed by atoms with van der Waals surface area (Å²) in [5, 5.41) is 11.3.